The number of likely N-dealkylation sites (tertiary alicyclic amines) is 1. The van der Waals surface area contributed by atoms with Gasteiger partial charge >= 0.3 is 0 Å². The third kappa shape index (κ3) is 3.92. The minimum Gasteiger partial charge on any atom is -0.381 e. The SMILES string of the molecule is CNC(=O)c1cc(NC(C)CN2CCCC2)ccn1. The lowest BCUT2D eigenvalue weighted by Gasteiger charge is -2.22. The third-order valence-electron chi connectivity index (χ3n) is 3.36. The van der Waals surface area contributed by atoms with E-state index in [1.54, 1.807) is 19.3 Å². The quantitative estimate of drug-likeness (QED) is 0.840. The number of carbonyl (C=O) groups excluding carboxylic acids is 1. The average molecular weight is 262 g/mol. The molecule has 19 heavy (non-hydrogen) atoms. The van der Waals surface area contributed by atoms with Crippen molar-refractivity contribution in [1.82, 2.24) is 15.2 Å². The van der Waals surface area contributed by atoms with Gasteiger partial charge in [-0.3, -0.25) is 9.78 Å². The number of pyridine rings is 1. The smallest absolute Gasteiger partial charge is 0.269 e. The minimum absolute atomic E-state index is 0.157. The van der Waals surface area contributed by atoms with Crippen LogP contribution >= 0.6 is 0 Å². The zero-order chi connectivity index (χ0) is 13.7. The van der Waals surface area contributed by atoms with Crippen molar-refractivity contribution in [1.29, 1.82) is 0 Å². The molecule has 0 aromatic carbocycles. The molecule has 1 aromatic heterocycles. The Labute approximate surface area is 114 Å². The van der Waals surface area contributed by atoms with Gasteiger partial charge in [-0.25, -0.2) is 0 Å². The molecule has 0 aliphatic carbocycles. The first-order valence-electron chi connectivity index (χ1n) is 6.86. The first kappa shape index (κ1) is 13.8. The lowest BCUT2D eigenvalue weighted by Crippen LogP contribution is -2.33. The van der Waals surface area contributed by atoms with Crippen LogP contribution in [0.1, 0.15) is 30.3 Å². The van der Waals surface area contributed by atoms with Crippen molar-refractivity contribution < 1.29 is 4.79 Å². The van der Waals surface area contributed by atoms with E-state index >= 15 is 0 Å². The van der Waals surface area contributed by atoms with Crippen molar-refractivity contribution in [2.45, 2.75) is 25.8 Å². The number of hydrogen-bond acceptors (Lipinski definition) is 4. The molecule has 0 bridgehead atoms. The lowest BCUT2D eigenvalue weighted by atomic mass is 10.2. The Morgan fingerprint density at radius 3 is 2.89 bits per heavy atom. The normalized spacial score (nSPS) is 17.2. The molecule has 0 radical (unpaired) electrons. The second kappa shape index (κ2) is 6.52. The number of rotatable bonds is 5. The van der Waals surface area contributed by atoms with Crippen molar-refractivity contribution in [3.63, 3.8) is 0 Å². The van der Waals surface area contributed by atoms with Gasteiger partial charge in [0.15, 0.2) is 0 Å². The van der Waals surface area contributed by atoms with Crippen LogP contribution in [0, 0.1) is 0 Å². The fourth-order valence-corrected chi connectivity index (χ4v) is 2.46. The second-order valence-electron chi connectivity index (χ2n) is 5.06. The van der Waals surface area contributed by atoms with Crippen molar-refractivity contribution in [2.24, 2.45) is 0 Å². The van der Waals surface area contributed by atoms with Crippen LogP contribution in [-0.4, -0.2) is 48.5 Å². The monoisotopic (exact) mass is 262 g/mol. The summed E-state index contributed by atoms with van der Waals surface area (Å²) in [5.74, 6) is -0.157. The van der Waals surface area contributed by atoms with E-state index in [1.165, 1.54) is 25.9 Å². The molecule has 2 rings (SSSR count). The molecule has 5 heteroatoms. The zero-order valence-corrected chi connectivity index (χ0v) is 11.6. The summed E-state index contributed by atoms with van der Waals surface area (Å²) in [6.07, 6.45) is 4.28. The summed E-state index contributed by atoms with van der Waals surface area (Å²) in [5.41, 5.74) is 1.39. The van der Waals surface area contributed by atoms with Gasteiger partial charge in [-0.2, -0.15) is 0 Å². The van der Waals surface area contributed by atoms with Crippen molar-refractivity contribution in [3.8, 4) is 0 Å². The molecule has 2 heterocycles. The summed E-state index contributed by atoms with van der Waals surface area (Å²) < 4.78 is 0. The predicted octanol–water partition coefficient (Wildman–Crippen LogP) is 1.34. The highest BCUT2D eigenvalue weighted by atomic mass is 16.1. The van der Waals surface area contributed by atoms with Crippen LogP contribution in [0.25, 0.3) is 0 Å². The molecule has 2 N–H and O–H groups in total. The number of nitrogens with zero attached hydrogens (tertiary/aromatic N) is 2. The van der Waals surface area contributed by atoms with E-state index in [-0.39, 0.29) is 5.91 Å². The molecular formula is C14H22N4O. The van der Waals surface area contributed by atoms with Crippen LogP contribution in [0.4, 0.5) is 5.69 Å². The highest BCUT2D eigenvalue weighted by Gasteiger charge is 2.14. The number of carbonyl (C=O) groups is 1. The molecule has 1 unspecified atom stereocenters. The molecule has 1 aliphatic rings. The summed E-state index contributed by atoms with van der Waals surface area (Å²) in [6.45, 7) is 5.60. The minimum atomic E-state index is -0.157. The van der Waals surface area contributed by atoms with Gasteiger partial charge < -0.3 is 15.5 Å². The van der Waals surface area contributed by atoms with Crippen molar-refractivity contribution in [3.05, 3.63) is 24.0 Å². The standard InChI is InChI=1S/C14H22N4O/c1-11(10-18-7-3-4-8-18)17-12-5-6-16-13(9-12)14(19)15-2/h5-6,9,11H,3-4,7-8,10H2,1-2H3,(H,15,19)(H,16,17). The Morgan fingerprint density at radius 1 is 1.47 bits per heavy atom. The van der Waals surface area contributed by atoms with Crippen LogP contribution < -0.4 is 10.6 Å². The molecule has 0 saturated carbocycles. The van der Waals surface area contributed by atoms with E-state index in [1.807, 2.05) is 6.07 Å². The Morgan fingerprint density at radius 2 is 2.21 bits per heavy atom. The average Bonchev–Trinajstić information content (AvgIpc) is 2.90. The van der Waals surface area contributed by atoms with Gasteiger partial charge in [-0.1, -0.05) is 0 Å². The topological polar surface area (TPSA) is 57.3 Å². The third-order valence-corrected chi connectivity index (χ3v) is 3.36. The van der Waals surface area contributed by atoms with Gasteiger partial charge in [-0.05, 0) is 45.0 Å². The second-order valence-corrected chi connectivity index (χ2v) is 5.06. The van der Waals surface area contributed by atoms with Gasteiger partial charge in [0, 0.05) is 31.5 Å². The Kier molecular flexibility index (Phi) is 4.74. The number of anilines is 1. The summed E-state index contributed by atoms with van der Waals surface area (Å²) in [4.78, 5) is 18.0. The Balaban J connectivity index is 1.92. The molecule has 1 amide bonds. The summed E-state index contributed by atoms with van der Waals surface area (Å²) in [7, 11) is 1.61. The van der Waals surface area contributed by atoms with Crippen LogP contribution in [0.3, 0.4) is 0 Å². The maximum Gasteiger partial charge on any atom is 0.269 e. The fourth-order valence-electron chi connectivity index (χ4n) is 2.46. The van der Waals surface area contributed by atoms with E-state index in [0.717, 1.165) is 12.2 Å². The van der Waals surface area contributed by atoms with Gasteiger partial charge in [0.25, 0.3) is 5.91 Å². The first-order valence-corrected chi connectivity index (χ1v) is 6.86. The van der Waals surface area contributed by atoms with Crippen molar-refractivity contribution in [2.75, 3.05) is 32.0 Å². The van der Waals surface area contributed by atoms with E-state index in [0.29, 0.717) is 11.7 Å². The summed E-state index contributed by atoms with van der Waals surface area (Å²) in [6, 6.07) is 4.05. The van der Waals surface area contributed by atoms with Crippen LogP contribution in [0.15, 0.2) is 18.3 Å². The fraction of sp³-hybridized carbons (Fsp3) is 0.571. The van der Waals surface area contributed by atoms with E-state index in [9.17, 15) is 4.79 Å². The van der Waals surface area contributed by atoms with E-state index in [4.69, 9.17) is 0 Å². The summed E-state index contributed by atoms with van der Waals surface area (Å²) in [5, 5.41) is 6.01. The summed E-state index contributed by atoms with van der Waals surface area (Å²) >= 11 is 0. The highest BCUT2D eigenvalue weighted by Crippen LogP contribution is 2.12. The molecule has 1 aliphatic heterocycles. The highest BCUT2D eigenvalue weighted by molar-refractivity contribution is 5.92. The van der Waals surface area contributed by atoms with Crippen LogP contribution in [0.2, 0.25) is 0 Å². The molecule has 1 saturated heterocycles. The van der Waals surface area contributed by atoms with E-state index < -0.39 is 0 Å². The molecule has 0 spiro atoms. The largest absolute Gasteiger partial charge is 0.381 e. The molecule has 1 atom stereocenters. The maximum atomic E-state index is 11.5. The molecule has 5 nitrogen and oxygen atoms in total. The Bertz CT molecular complexity index is 429. The van der Waals surface area contributed by atoms with Gasteiger partial charge in [0.2, 0.25) is 0 Å². The van der Waals surface area contributed by atoms with E-state index in [2.05, 4.69) is 27.4 Å². The number of nitrogens with one attached hydrogen (secondary N) is 2. The van der Waals surface area contributed by atoms with Crippen LogP contribution in [-0.2, 0) is 0 Å². The van der Waals surface area contributed by atoms with Crippen LogP contribution in [0.5, 0.6) is 0 Å². The Hall–Kier alpha value is -1.62. The predicted molar refractivity (Wildman–Crippen MR) is 76.4 cm³/mol. The molecule has 1 fully saturated rings. The molecule has 1 aromatic rings. The van der Waals surface area contributed by atoms with Gasteiger partial charge in [0.1, 0.15) is 5.69 Å². The van der Waals surface area contributed by atoms with Gasteiger partial charge in [-0.15, -0.1) is 0 Å². The maximum absolute atomic E-state index is 11.5. The molecular weight excluding hydrogens is 240 g/mol. The first-order chi connectivity index (χ1) is 9.19. The number of hydrogen-bond donors (Lipinski definition) is 2. The lowest BCUT2D eigenvalue weighted by molar-refractivity contribution is 0.0958. The van der Waals surface area contributed by atoms with Crippen molar-refractivity contribution >= 4 is 11.6 Å². The number of amides is 1. The molecule has 104 valence electrons. The number of aromatic nitrogens is 1. The van der Waals surface area contributed by atoms with Gasteiger partial charge in [0.05, 0.1) is 0 Å². The zero-order valence-electron chi connectivity index (χ0n) is 11.6.